The summed E-state index contributed by atoms with van der Waals surface area (Å²) in [4.78, 5) is 2.51. The number of fused-ring (bicyclic) bond motifs is 2. The van der Waals surface area contributed by atoms with Crippen LogP contribution in [0.4, 0.5) is 0 Å². The van der Waals surface area contributed by atoms with E-state index < -0.39 is 0 Å². The normalized spacial score (nSPS) is 19.8. The van der Waals surface area contributed by atoms with Crippen molar-refractivity contribution in [2.45, 2.75) is 24.8 Å². The van der Waals surface area contributed by atoms with Gasteiger partial charge in [0.15, 0.2) is 0 Å². The molecule has 0 saturated carbocycles. The number of hydrogen-bond donors (Lipinski definition) is 1. The maximum atomic E-state index is 9.74. The van der Waals surface area contributed by atoms with Crippen molar-refractivity contribution >= 4 is 0 Å². The van der Waals surface area contributed by atoms with Crippen LogP contribution in [-0.2, 0) is 18.4 Å². The summed E-state index contributed by atoms with van der Waals surface area (Å²) >= 11 is 0. The predicted octanol–water partition coefficient (Wildman–Crippen LogP) is 3.09. The van der Waals surface area contributed by atoms with E-state index in [1.165, 1.54) is 23.1 Å². The maximum absolute atomic E-state index is 9.74. The molecule has 2 nitrogen and oxygen atoms in total. The van der Waals surface area contributed by atoms with Crippen LogP contribution < -0.4 is 0 Å². The molecule has 4 rings (SSSR count). The highest BCUT2D eigenvalue weighted by molar-refractivity contribution is 5.46. The number of phenolic OH excluding ortho intramolecular Hbond substituents is 1. The minimum absolute atomic E-state index is 0.308. The Morgan fingerprint density at radius 3 is 2.65 bits per heavy atom. The summed E-state index contributed by atoms with van der Waals surface area (Å²) in [6, 6.07) is 16.6. The number of likely N-dealkylation sites (tertiary alicyclic amines) is 1. The molecule has 0 bridgehead atoms. The van der Waals surface area contributed by atoms with Gasteiger partial charge in [-0.1, -0.05) is 36.4 Å². The molecule has 2 heteroatoms. The van der Waals surface area contributed by atoms with E-state index in [1.807, 2.05) is 12.1 Å². The first-order valence-electron chi connectivity index (χ1n) is 7.34. The number of benzene rings is 2. The molecule has 2 aliphatic rings. The van der Waals surface area contributed by atoms with E-state index in [0.29, 0.717) is 11.2 Å². The Labute approximate surface area is 119 Å². The highest BCUT2D eigenvalue weighted by Crippen LogP contribution is 2.46. The van der Waals surface area contributed by atoms with Gasteiger partial charge in [0.1, 0.15) is 5.75 Å². The van der Waals surface area contributed by atoms with Crippen LogP contribution in [0.15, 0.2) is 48.5 Å². The third-order valence-corrected chi connectivity index (χ3v) is 4.84. The van der Waals surface area contributed by atoms with Crippen LogP contribution in [0.1, 0.15) is 23.1 Å². The number of aromatic hydroxyl groups is 1. The third kappa shape index (κ3) is 1.83. The molecule has 1 heterocycles. The molecule has 1 aliphatic carbocycles. The van der Waals surface area contributed by atoms with Crippen LogP contribution in [0.3, 0.4) is 0 Å². The zero-order valence-corrected chi connectivity index (χ0v) is 11.5. The van der Waals surface area contributed by atoms with Crippen molar-refractivity contribution in [2.24, 2.45) is 0 Å². The molecule has 0 atom stereocenters. The van der Waals surface area contributed by atoms with Crippen LogP contribution in [0.25, 0.3) is 0 Å². The lowest BCUT2D eigenvalue weighted by Crippen LogP contribution is -2.57. The molecule has 0 aromatic heterocycles. The van der Waals surface area contributed by atoms with Gasteiger partial charge >= 0.3 is 0 Å². The number of phenols is 1. The molecule has 1 N–H and O–H groups in total. The van der Waals surface area contributed by atoms with E-state index in [1.54, 1.807) is 0 Å². The third-order valence-electron chi connectivity index (χ3n) is 4.84. The van der Waals surface area contributed by atoms with E-state index in [0.717, 1.165) is 26.1 Å². The topological polar surface area (TPSA) is 23.5 Å². The van der Waals surface area contributed by atoms with Gasteiger partial charge in [-0.05, 0) is 41.7 Å². The number of aryl methyl sites for hydroxylation is 1. The average Bonchev–Trinajstić information content (AvgIpc) is 2.79. The Bertz CT molecular complexity index is 629. The highest BCUT2D eigenvalue weighted by atomic mass is 16.3. The molecule has 0 unspecified atom stereocenters. The van der Waals surface area contributed by atoms with Crippen LogP contribution in [-0.4, -0.2) is 23.1 Å². The molecule has 1 fully saturated rings. The lowest BCUT2D eigenvalue weighted by molar-refractivity contribution is 0.0582. The first kappa shape index (κ1) is 12.0. The Hall–Kier alpha value is -1.80. The highest BCUT2D eigenvalue weighted by Gasteiger charge is 2.47. The Kier molecular flexibility index (Phi) is 2.61. The summed E-state index contributed by atoms with van der Waals surface area (Å²) in [5.74, 6) is 0.409. The molecule has 1 aliphatic heterocycles. The summed E-state index contributed by atoms with van der Waals surface area (Å²) in [5, 5.41) is 9.74. The molecule has 20 heavy (non-hydrogen) atoms. The number of hydrogen-bond acceptors (Lipinski definition) is 2. The quantitative estimate of drug-likeness (QED) is 0.902. The molecule has 102 valence electrons. The monoisotopic (exact) mass is 265 g/mol. The second kappa shape index (κ2) is 4.35. The first-order chi connectivity index (χ1) is 9.75. The van der Waals surface area contributed by atoms with Crippen molar-refractivity contribution in [3.63, 3.8) is 0 Å². The van der Waals surface area contributed by atoms with Gasteiger partial charge in [-0.15, -0.1) is 0 Å². The van der Waals surface area contributed by atoms with E-state index >= 15 is 0 Å². The second-order valence-electron chi connectivity index (χ2n) is 6.25. The standard InChI is InChI=1S/C18H19NO/c20-16-7-6-15-8-9-18(17(15)10-16)12-19(13-18)11-14-4-2-1-3-5-14/h1-7,10,20H,8-9,11-13H2. The van der Waals surface area contributed by atoms with Crippen molar-refractivity contribution in [2.75, 3.05) is 13.1 Å². The molecule has 2 aromatic rings. The fourth-order valence-electron chi connectivity index (χ4n) is 3.88. The smallest absolute Gasteiger partial charge is 0.115 e. The summed E-state index contributed by atoms with van der Waals surface area (Å²) < 4.78 is 0. The van der Waals surface area contributed by atoms with Gasteiger partial charge in [-0.2, -0.15) is 0 Å². The van der Waals surface area contributed by atoms with Gasteiger partial charge < -0.3 is 5.11 Å². The van der Waals surface area contributed by atoms with Gasteiger partial charge in [-0.3, -0.25) is 4.90 Å². The molecule has 2 aromatic carbocycles. The molecule has 0 amide bonds. The number of rotatable bonds is 2. The summed E-state index contributed by atoms with van der Waals surface area (Å²) in [6.45, 7) is 3.29. The summed E-state index contributed by atoms with van der Waals surface area (Å²) in [6.07, 6.45) is 2.39. The van der Waals surface area contributed by atoms with E-state index in [2.05, 4.69) is 41.3 Å². The maximum Gasteiger partial charge on any atom is 0.115 e. The fourth-order valence-corrected chi connectivity index (χ4v) is 3.88. The largest absolute Gasteiger partial charge is 0.508 e. The van der Waals surface area contributed by atoms with Crippen LogP contribution in [0.2, 0.25) is 0 Å². The first-order valence-corrected chi connectivity index (χ1v) is 7.34. The van der Waals surface area contributed by atoms with Crippen molar-refractivity contribution in [3.05, 3.63) is 65.2 Å². The Balaban J connectivity index is 1.51. The lowest BCUT2D eigenvalue weighted by atomic mass is 9.74. The predicted molar refractivity (Wildman–Crippen MR) is 79.8 cm³/mol. The Morgan fingerprint density at radius 2 is 1.85 bits per heavy atom. The van der Waals surface area contributed by atoms with E-state index in [9.17, 15) is 5.11 Å². The second-order valence-corrected chi connectivity index (χ2v) is 6.25. The Morgan fingerprint density at radius 1 is 1.05 bits per heavy atom. The summed E-state index contributed by atoms with van der Waals surface area (Å²) in [5.41, 5.74) is 4.52. The van der Waals surface area contributed by atoms with Crippen molar-refractivity contribution in [3.8, 4) is 5.75 Å². The SMILES string of the molecule is Oc1ccc2c(c1)C1(CC2)CN(Cc2ccccc2)C1. The zero-order chi connectivity index (χ0) is 13.6. The van der Waals surface area contributed by atoms with E-state index in [4.69, 9.17) is 0 Å². The minimum atomic E-state index is 0.308. The number of nitrogens with zero attached hydrogens (tertiary/aromatic N) is 1. The van der Waals surface area contributed by atoms with Gasteiger partial charge in [0.2, 0.25) is 0 Å². The zero-order valence-electron chi connectivity index (χ0n) is 11.5. The minimum Gasteiger partial charge on any atom is -0.508 e. The molecule has 1 spiro atoms. The molecular weight excluding hydrogens is 246 g/mol. The van der Waals surface area contributed by atoms with Crippen LogP contribution in [0.5, 0.6) is 5.75 Å². The van der Waals surface area contributed by atoms with Crippen LogP contribution in [0, 0.1) is 0 Å². The van der Waals surface area contributed by atoms with Gasteiger partial charge in [0.25, 0.3) is 0 Å². The van der Waals surface area contributed by atoms with Crippen molar-refractivity contribution < 1.29 is 5.11 Å². The van der Waals surface area contributed by atoms with Crippen molar-refractivity contribution in [1.29, 1.82) is 0 Å². The van der Waals surface area contributed by atoms with Gasteiger partial charge in [0, 0.05) is 25.0 Å². The summed E-state index contributed by atoms with van der Waals surface area (Å²) in [7, 11) is 0. The lowest BCUT2D eigenvalue weighted by Gasteiger charge is -2.49. The van der Waals surface area contributed by atoms with Gasteiger partial charge in [0.05, 0.1) is 0 Å². The van der Waals surface area contributed by atoms with Crippen LogP contribution >= 0.6 is 0 Å². The fraction of sp³-hybridized carbons (Fsp3) is 0.333. The van der Waals surface area contributed by atoms with E-state index in [-0.39, 0.29) is 0 Å². The van der Waals surface area contributed by atoms with Crippen molar-refractivity contribution in [1.82, 2.24) is 4.90 Å². The molecule has 1 saturated heterocycles. The molecule has 0 radical (unpaired) electrons. The average molecular weight is 265 g/mol. The van der Waals surface area contributed by atoms with Gasteiger partial charge in [-0.25, -0.2) is 0 Å². The molecular formula is C18H19NO.